The molecule has 0 radical (unpaired) electrons. The highest BCUT2D eigenvalue weighted by Gasteiger charge is 2.23. The zero-order valence-electron chi connectivity index (χ0n) is 12.3. The zero-order valence-corrected chi connectivity index (χ0v) is 13.3. The van der Waals surface area contributed by atoms with Crippen LogP contribution < -0.4 is 5.19 Å². The van der Waals surface area contributed by atoms with E-state index in [2.05, 4.69) is 44.3 Å². The van der Waals surface area contributed by atoms with E-state index in [0.29, 0.717) is 12.0 Å². The van der Waals surface area contributed by atoms with Crippen molar-refractivity contribution in [2.24, 2.45) is 0 Å². The van der Waals surface area contributed by atoms with Crippen LogP contribution in [-0.4, -0.2) is 25.6 Å². The second-order valence-electron chi connectivity index (χ2n) is 5.65. The molecule has 0 heterocycles. The molecule has 0 saturated heterocycles. The van der Waals surface area contributed by atoms with Crippen molar-refractivity contribution < 1.29 is 9.90 Å². The predicted octanol–water partition coefficient (Wildman–Crippen LogP) is 2.74. The number of aliphatic hydroxyl groups excluding tert-OH is 1. The molecular weight excluding hydrogens is 252 g/mol. The topological polar surface area (TPSA) is 37.3 Å². The summed E-state index contributed by atoms with van der Waals surface area (Å²) in [6.07, 6.45) is 1.70. The molecular formula is C16H24O2Si. The third kappa shape index (κ3) is 4.44. The average Bonchev–Trinajstić information content (AvgIpc) is 2.36. The molecule has 0 amide bonds. The average molecular weight is 276 g/mol. The summed E-state index contributed by atoms with van der Waals surface area (Å²) >= 11 is 0. The molecule has 0 spiro atoms. The SMILES string of the molecule is CCCC(O)/C(C=O)=C/[Si](C)(C)c1ccc(C)cc1. The first-order valence-electron chi connectivity index (χ1n) is 6.84. The Labute approximate surface area is 117 Å². The van der Waals surface area contributed by atoms with Crippen molar-refractivity contribution in [1.82, 2.24) is 0 Å². The molecule has 1 aromatic rings. The smallest absolute Gasteiger partial charge is 0.147 e. The molecule has 0 aliphatic rings. The number of hydrogen-bond donors (Lipinski definition) is 1. The van der Waals surface area contributed by atoms with Gasteiger partial charge < -0.3 is 5.11 Å². The van der Waals surface area contributed by atoms with Crippen LogP contribution in [0.5, 0.6) is 0 Å². The molecule has 3 heteroatoms. The monoisotopic (exact) mass is 276 g/mol. The first kappa shape index (κ1) is 15.9. The Bertz CT molecular complexity index is 446. The van der Waals surface area contributed by atoms with Gasteiger partial charge in [-0.15, -0.1) is 0 Å². The van der Waals surface area contributed by atoms with Gasteiger partial charge in [0.25, 0.3) is 0 Å². The van der Waals surface area contributed by atoms with Crippen LogP contribution >= 0.6 is 0 Å². The van der Waals surface area contributed by atoms with Gasteiger partial charge in [0.2, 0.25) is 0 Å². The fourth-order valence-corrected chi connectivity index (χ4v) is 4.42. The lowest BCUT2D eigenvalue weighted by molar-refractivity contribution is -0.105. The standard InChI is InChI=1S/C16H24O2Si/c1-5-6-16(18)14(11-17)12-19(3,4)15-9-7-13(2)8-10-15/h7-12,16,18H,5-6H2,1-4H3/b14-12+. The Hall–Kier alpha value is -1.19. The molecule has 0 bridgehead atoms. The van der Waals surface area contributed by atoms with Crippen molar-refractivity contribution in [2.75, 3.05) is 0 Å². The van der Waals surface area contributed by atoms with Gasteiger partial charge in [-0.25, -0.2) is 0 Å². The lowest BCUT2D eigenvalue weighted by Crippen LogP contribution is -2.40. The van der Waals surface area contributed by atoms with Gasteiger partial charge in [-0.3, -0.25) is 4.79 Å². The Morgan fingerprint density at radius 1 is 1.32 bits per heavy atom. The van der Waals surface area contributed by atoms with Crippen LogP contribution in [-0.2, 0) is 4.79 Å². The van der Waals surface area contributed by atoms with Gasteiger partial charge >= 0.3 is 0 Å². The Morgan fingerprint density at radius 2 is 1.89 bits per heavy atom. The van der Waals surface area contributed by atoms with E-state index < -0.39 is 14.2 Å². The summed E-state index contributed by atoms with van der Waals surface area (Å²) in [4.78, 5) is 11.2. The summed E-state index contributed by atoms with van der Waals surface area (Å²) in [6.45, 7) is 8.46. The van der Waals surface area contributed by atoms with E-state index >= 15 is 0 Å². The maximum atomic E-state index is 11.2. The lowest BCUT2D eigenvalue weighted by atomic mass is 10.1. The van der Waals surface area contributed by atoms with E-state index in [4.69, 9.17) is 0 Å². The van der Waals surface area contributed by atoms with E-state index in [1.165, 1.54) is 10.8 Å². The van der Waals surface area contributed by atoms with E-state index in [1.807, 2.05) is 12.6 Å². The minimum absolute atomic E-state index is 0.541. The van der Waals surface area contributed by atoms with E-state index in [1.54, 1.807) is 0 Å². The summed E-state index contributed by atoms with van der Waals surface area (Å²) in [7, 11) is -1.83. The van der Waals surface area contributed by atoms with Crippen LogP contribution in [0.4, 0.5) is 0 Å². The van der Waals surface area contributed by atoms with Crippen LogP contribution in [0.2, 0.25) is 13.1 Å². The van der Waals surface area contributed by atoms with Crippen molar-refractivity contribution in [3.63, 3.8) is 0 Å². The Morgan fingerprint density at radius 3 is 2.37 bits per heavy atom. The number of aldehydes is 1. The maximum absolute atomic E-state index is 11.2. The van der Waals surface area contributed by atoms with Crippen LogP contribution in [0.1, 0.15) is 25.3 Å². The molecule has 2 nitrogen and oxygen atoms in total. The van der Waals surface area contributed by atoms with Gasteiger partial charge in [0.05, 0.1) is 6.10 Å². The van der Waals surface area contributed by atoms with Crippen molar-refractivity contribution in [1.29, 1.82) is 0 Å². The molecule has 1 atom stereocenters. The van der Waals surface area contributed by atoms with Gasteiger partial charge in [-0.1, -0.05) is 67.2 Å². The number of hydrogen-bond acceptors (Lipinski definition) is 2. The molecule has 0 fully saturated rings. The third-order valence-electron chi connectivity index (χ3n) is 3.41. The molecule has 0 aromatic heterocycles. The first-order chi connectivity index (χ1) is 8.90. The molecule has 0 aliphatic carbocycles. The minimum atomic E-state index is -1.83. The van der Waals surface area contributed by atoms with Gasteiger partial charge in [-0.2, -0.15) is 0 Å². The fourth-order valence-electron chi connectivity index (χ4n) is 2.13. The van der Waals surface area contributed by atoms with Gasteiger partial charge in [-0.05, 0) is 13.3 Å². The molecule has 1 rings (SSSR count). The number of carbonyl (C=O) groups is 1. The van der Waals surface area contributed by atoms with Crippen molar-refractivity contribution in [3.05, 3.63) is 41.1 Å². The molecule has 0 saturated carbocycles. The Balaban J connectivity index is 3.04. The van der Waals surface area contributed by atoms with Gasteiger partial charge in [0, 0.05) is 5.57 Å². The summed E-state index contributed by atoms with van der Waals surface area (Å²) in [6, 6.07) is 8.46. The highest BCUT2D eigenvalue weighted by Crippen LogP contribution is 2.13. The van der Waals surface area contributed by atoms with Gasteiger partial charge in [0.1, 0.15) is 14.4 Å². The first-order valence-corrected chi connectivity index (χ1v) is 9.91. The van der Waals surface area contributed by atoms with Crippen LogP contribution in [0.25, 0.3) is 0 Å². The van der Waals surface area contributed by atoms with Crippen molar-refractivity contribution in [2.45, 2.75) is 45.9 Å². The summed E-state index contributed by atoms with van der Waals surface area (Å²) in [5, 5.41) is 11.3. The molecule has 1 N–H and O–H groups in total. The molecule has 0 aliphatic heterocycles. The summed E-state index contributed by atoms with van der Waals surface area (Å²) in [5.74, 6) is 0. The number of rotatable bonds is 6. The highest BCUT2D eigenvalue weighted by atomic mass is 28.3. The molecule has 104 valence electrons. The zero-order chi connectivity index (χ0) is 14.5. The molecule has 1 aromatic carbocycles. The fraction of sp³-hybridized carbons (Fsp3) is 0.438. The van der Waals surface area contributed by atoms with E-state index in [0.717, 1.165) is 12.7 Å². The number of benzene rings is 1. The quantitative estimate of drug-likeness (QED) is 0.493. The predicted molar refractivity (Wildman–Crippen MR) is 83.4 cm³/mol. The normalized spacial score (nSPS) is 14.3. The second kappa shape index (κ2) is 6.82. The maximum Gasteiger partial charge on any atom is 0.147 e. The van der Waals surface area contributed by atoms with Crippen molar-refractivity contribution in [3.8, 4) is 0 Å². The number of aliphatic hydroxyl groups is 1. The number of aryl methyl sites for hydroxylation is 1. The van der Waals surface area contributed by atoms with Crippen LogP contribution in [0, 0.1) is 6.92 Å². The van der Waals surface area contributed by atoms with Gasteiger partial charge in [0.15, 0.2) is 0 Å². The van der Waals surface area contributed by atoms with E-state index in [-0.39, 0.29) is 0 Å². The largest absolute Gasteiger partial charge is 0.388 e. The lowest BCUT2D eigenvalue weighted by Gasteiger charge is -2.21. The minimum Gasteiger partial charge on any atom is -0.388 e. The van der Waals surface area contributed by atoms with E-state index in [9.17, 15) is 9.90 Å². The van der Waals surface area contributed by atoms with Crippen LogP contribution in [0.15, 0.2) is 35.5 Å². The summed E-state index contributed by atoms with van der Waals surface area (Å²) < 4.78 is 0. The molecule has 19 heavy (non-hydrogen) atoms. The van der Waals surface area contributed by atoms with Crippen LogP contribution in [0.3, 0.4) is 0 Å². The number of carbonyl (C=O) groups excluding carboxylic acids is 1. The second-order valence-corrected chi connectivity index (χ2v) is 9.96. The molecule has 1 unspecified atom stereocenters. The summed E-state index contributed by atoms with van der Waals surface area (Å²) in [5.41, 5.74) is 3.79. The van der Waals surface area contributed by atoms with Crippen molar-refractivity contribution >= 4 is 19.5 Å². The Kier molecular flexibility index (Phi) is 5.70. The highest BCUT2D eigenvalue weighted by molar-refractivity contribution is 6.94. The third-order valence-corrected chi connectivity index (χ3v) is 6.28.